The second-order valence-corrected chi connectivity index (χ2v) is 5.78. The maximum atomic E-state index is 13.3. The highest BCUT2D eigenvalue weighted by Crippen LogP contribution is 2.28. The van der Waals surface area contributed by atoms with Gasteiger partial charge in [0.05, 0.1) is 15.8 Å². The van der Waals surface area contributed by atoms with Gasteiger partial charge in [0.1, 0.15) is 0 Å². The third kappa shape index (κ3) is 2.88. The zero-order chi connectivity index (χ0) is 17.4. The summed E-state index contributed by atoms with van der Waals surface area (Å²) in [5.74, 6) is -5.57. The Balaban J connectivity index is 1.89. The first-order chi connectivity index (χ1) is 11.3. The largest absolute Gasteiger partial charge is 0.503 e. The molecular formula is C15H8F2N2O4S. The molecule has 0 unspecified atom stereocenters. The van der Waals surface area contributed by atoms with Gasteiger partial charge >= 0.3 is 5.97 Å². The van der Waals surface area contributed by atoms with Crippen LogP contribution in [0.2, 0.25) is 0 Å². The summed E-state index contributed by atoms with van der Waals surface area (Å²) < 4.78 is 27.1. The van der Waals surface area contributed by atoms with Gasteiger partial charge in [-0.2, -0.15) is 0 Å². The molecule has 0 aliphatic carbocycles. The average Bonchev–Trinajstić information content (AvgIpc) is 2.93. The molecule has 1 heterocycles. The van der Waals surface area contributed by atoms with Crippen LogP contribution in [-0.4, -0.2) is 27.1 Å². The van der Waals surface area contributed by atoms with E-state index in [9.17, 15) is 18.4 Å². The topological polar surface area (TPSA) is 99.5 Å². The van der Waals surface area contributed by atoms with Crippen molar-refractivity contribution in [1.29, 1.82) is 0 Å². The van der Waals surface area contributed by atoms with Crippen molar-refractivity contribution in [2.24, 2.45) is 0 Å². The minimum absolute atomic E-state index is 0.0757. The van der Waals surface area contributed by atoms with Crippen molar-refractivity contribution in [3.05, 3.63) is 53.1 Å². The van der Waals surface area contributed by atoms with E-state index < -0.39 is 29.3 Å². The van der Waals surface area contributed by atoms with E-state index in [1.807, 2.05) is 0 Å². The first kappa shape index (κ1) is 15.8. The number of carbonyl (C=O) groups is 2. The van der Waals surface area contributed by atoms with Crippen LogP contribution in [0.15, 0.2) is 30.3 Å². The maximum Gasteiger partial charge on any atom is 0.335 e. The number of halogens is 2. The molecule has 2 aromatic carbocycles. The standard InChI is InChI=1S/C15H8F2N2O4S/c16-8-3-7(4-9(17)12(8)20)13(21)19-15-18-10-2-1-6(14(22)23)5-11(10)24-15/h1-5,20H,(H,22,23)(H,18,19,21). The molecule has 122 valence electrons. The number of benzene rings is 2. The number of hydrogen-bond donors (Lipinski definition) is 3. The van der Waals surface area contributed by atoms with Crippen LogP contribution in [0.1, 0.15) is 20.7 Å². The quantitative estimate of drug-likeness (QED) is 0.673. The molecule has 3 aromatic rings. The number of phenolic OH excluding ortho intramolecular Hbond substituents is 1. The Labute approximate surface area is 137 Å². The fraction of sp³-hybridized carbons (Fsp3) is 0. The summed E-state index contributed by atoms with van der Waals surface area (Å²) in [5, 5.41) is 20.5. The molecule has 0 spiro atoms. The van der Waals surface area contributed by atoms with Gasteiger partial charge in [-0.1, -0.05) is 11.3 Å². The number of anilines is 1. The van der Waals surface area contributed by atoms with Crippen LogP contribution in [0.5, 0.6) is 5.75 Å². The molecule has 9 heteroatoms. The summed E-state index contributed by atoms with van der Waals surface area (Å²) in [6, 6.07) is 5.67. The summed E-state index contributed by atoms with van der Waals surface area (Å²) in [4.78, 5) is 27.1. The number of carboxylic acids is 1. The number of aromatic hydroxyl groups is 1. The van der Waals surface area contributed by atoms with Gasteiger partial charge in [0.15, 0.2) is 22.5 Å². The molecule has 0 saturated heterocycles. The normalized spacial score (nSPS) is 10.8. The Bertz CT molecular complexity index is 964. The Morgan fingerprint density at radius 3 is 2.38 bits per heavy atom. The van der Waals surface area contributed by atoms with Crippen LogP contribution >= 0.6 is 11.3 Å². The number of amides is 1. The number of aromatic carboxylic acids is 1. The van der Waals surface area contributed by atoms with Crippen LogP contribution in [0.25, 0.3) is 10.2 Å². The fourth-order valence-corrected chi connectivity index (χ4v) is 2.88. The number of hydrogen-bond acceptors (Lipinski definition) is 5. The highest BCUT2D eigenvalue weighted by atomic mass is 32.1. The van der Waals surface area contributed by atoms with E-state index in [-0.39, 0.29) is 16.3 Å². The van der Waals surface area contributed by atoms with Crippen molar-refractivity contribution in [3.8, 4) is 5.75 Å². The number of aromatic nitrogens is 1. The van der Waals surface area contributed by atoms with E-state index in [1.54, 1.807) is 0 Å². The summed E-state index contributed by atoms with van der Waals surface area (Å²) >= 11 is 1.02. The molecule has 1 amide bonds. The third-order valence-electron chi connectivity index (χ3n) is 3.13. The highest BCUT2D eigenvalue weighted by Gasteiger charge is 2.16. The maximum absolute atomic E-state index is 13.3. The molecule has 1 aromatic heterocycles. The van der Waals surface area contributed by atoms with Crippen LogP contribution < -0.4 is 5.32 Å². The summed E-state index contributed by atoms with van der Waals surface area (Å²) in [7, 11) is 0. The van der Waals surface area contributed by atoms with Crippen LogP contribution in [0.3, 0.4) is 0 Å². The van der Waals surface area contributed by atoms with Gasteiger partial charge in [0, 0.05) is 5.56 Å². The van der Waals surface area contributed by atoms with Gasteiger partial charge in [0.25, 0.3) is 5.91 Å². The lowest BCUT2D eigenvalue weighted by atomic mass is 10.2. The third-order valence-corrected chi connectivity index (χ3v) is 4.07. The van der Waals surface area contributed by atoms with E-state index in [4.69, 9.17) is 10.2 Å². The number of fused-ring (bicyclic) bond motifs is 1. The number of nitrogens with zero attached hydrogens (tertiary/aromatic N) is 1. The van der Waals surface area contributed by atoms with E-state index in [0.717, 1.165) is 11.3 Å². The van der Waals surface area contributed by atoms with E-state index in [2.05, 4.69) is 10.3 Å². The van der Waals surface area contributed by atoms with Crippen LogP contribution in [-0.2, 0) is 0 Å². The molecule has 0 atom stereocenters. The van der Waals surface area contributed by atoms with Crippen molar-refractivity contribution in [2.75, 3.05) is 5.32 Å². The second kappa shape index (κ2) is 5.85. The lowest BCUT2D eigenvalue weighted by molar-refractivity contribution is 0.0697. The summed E-state index contributed by atoms with van der Waals surface area (Å²) in [6.45, 7) is 0. The lowest BCUT2D eigenvalue weighted by Gasteiger charge is -2.03. The molecule has 24 heavy (non-hydrogen) atoms. The predicted molar refractivity (Wildman–Crippen MR) is 82.6 cm³/mol. The molecular weight excluding hydrogens is 342 g/mol. The predicted octanol–water partition coefficient (Wildman–Crippen LogP) is 3.23. The van der Waals surface area contributed by atoms with Gasteiger partial charge in [-0.3, -0.25) is 10.1 Å². The van der Waals surface area contributed by atoms with Gasteiger partial charge < -0.3 is 10.2 Å². The van der Waals surface area contributed by atoms with Crippen molar-refractivity contribution in [1.82, 2.24) is 4.98 Å². The molecule has 0 saturated carbocycles. The molecule has 0 radical (unpaired) electrons. The number of nitrogens with one attached hydrogen (secondary N) is 1. The Morgan fingerprint density at radius 1 is 1.08 bits per heavy atom. The fourth-order valence-electron chi connectivity index (χ4n) is 1.98. The number of rotatable bonds is 3. The summed E-state index contributed by atoms with van der Waals surface area (Å²) in [5.41, 5.74) is 0.225. The molecule has 0 aliphatic heterocycles. The van der Waals surface area contributed by atoms with E-state index in [0.29, 0.717) is 22.3 Å². The Hall–Kier alpha value is -3.07. The number of carbonyl (C=O) groups excluding carboxylic acids is 1. The molecule has 0 fully saturated rings. The smallest absolute Gasteiger partial charge is 0.335 e. The van der Waals surface area contributed by atoms with E-state index >= 15 is 0 Å². The Kier molecular flexibility index (Phi) is 3.86. The first-order valence-electron chi connectivity index (χ1n) is 6.48. The first-order valence-corrected chi connectivity index (χ1v) is 7.30. The Morgan fingerprint density at radius 2 is 1.75 bits per heavy atom. The van der Waals surface area contributed by atoms with Crippen molar-refractivity contribution >= 4 is 38.6 Å². The molecule has 3 rings (SSSR count). The van der Waals surface area contributed by atoms with Gasteiger partial charge in [-0.15, -0.1) is 0 Å². The minimum atomic E-state index is -1.25. The second-order valence-electron chi connectivity index (χ2n) is 4.75. The SMILES string of the molecule is O=C(O)c1ccc2nc(NC(=O)c3cc(F)c(O)c(F)c3)sc2c1. The van der Waals surface area contributed by atoms with Gasteiger partial charge in [-0.05, 0) is 30.3 Å². The van der Waals surface area contributed by atoms with Crippen molar-refractivity contribution < 1.29 is 28.6 Å². The van der Waals surface area contributed by atoms with Crippen molar-refractivity contribution in [2.45, 2.75) is 0 Å². The van der Waals surface area contributed by atoms with Crippen LogP contribution in [0.4, 0.5) is 13.9 Å². The number of phenols is 1. The molecule has 3 N–H and O–H groups in total. The highest BCUT2D eigenvalue weighted by molar-refractivity contribution is 7.22. The number of thiazole rings is 1. The van der Waals surface area contributed by atoms with Gasteiger partial charge in [0.2, 0.25) is 0 Å². The zero-order valence-corrected chi connectivity index (χ0v) is 12.5. The molecule has 0 bridgehead atoms. The van der Waals surface area contributed by atoms with E-state index in [1.165, 1.54) is 18.2 Å². The average molecular weight is 350 g/mol. The number of carboxylic acid groups (broad SMARTS) is 1. The molecule has 6 nitrogen and oxygen atoms in total. The summed E-state index contributed by atoms with van der Waals surface area (Å²) in [6.07, 6.45) is 0. The zero-order valence-electron chi connectivity index (χ0n) is 11.7. The van der Waals surface area contributed by atoms with Crippen LogP contribution in [0, 0.1) is 11.6 Å². The van der Waals surface area contributed by atoms with Gasteiger partial charge in [-0.25, -0.2) is 18.6 Å². The minimum Gasteiger partial charge on any atom is -0.503 e. The monoisotopic (exact) mass is 350 g/mol. The lowest BCUT2D eigenvalue weighted by Crippen LogP contribution is -2.12. The van der Waals surface area contributed by atoms with Crippen molar-refractivity contribution in [3.63, 3.8) is 0 Å². The molecule has 0 aliphatic rings.